The van der Waals surface area contributed by atoms with Crippen LogP contribution in [0.2, 0.25) is 5.02 Å². The van der Waals surface area contributed by atoms with Crippen LogP contribution in [0.25, 0.3) is 0 Å². The van der Waals surface area contributed by atoms with Crippen LogP contribution < -0.4 is 5.73 Å². The molecule has 1 atom stereocenters. The molecule has 2 rings (SSSR count). The van der Waals surface area contributed by atoms with Crippen molar-refractivity contribution < 1.29 is 0 Å². The number of halogens is 1. The SMILES string of the molecule is CC(CCN)c1sc2c(c1Cl)CCCC2. The van der Waals surface area contributed by atoms with Gasteiger partial charge in [0.2, 0.25) is 0 Å². The van der Waals surface area contributed by atoms with E-state index in [9.17, 15) is 0 Å². The van der Waals surface area contributed by atoms with Crippen molar-refractivity contribution in [3.8, 4) is 0 Å². The molecular weight excluding hydrogens is 226 g/mol. The summed E-state index contributed by atoms with van der Waals surface area (Å²) in [5, 5.41) is 1.05. The summed E-state index contributed by atoms with van der Waals surface area (Å²) in [7, 11) is 0. The highest BCUT2D eigenvalue weighted by Gasteiger charge is 2.21. The minimum absolute atomic E-state index is 0.526. The third-order valence-corrected chi connectivity index (χ3v) is 5.25. The number of nitrogens with two attached hydrogens (primary N) is 1. The molecule has 0 spiro atoms. The Labute approximate surface area is 101 Å². The lowest BCUT2D eigenvalue weighted by atomic mass is 9.97. The van der Waals surface area contributed by atoms with E-state index in [2.05, 4.69) is 6.92 Å². The number of thiophene rings is 1. The van der Waals surface area contributed by atoms with Gasteiger partial charge in [-0.2, -0.15) is 0 Å². The van der Waals surface area contributed by atoms with Crippen LogP contribution in [0.15, 0.2) is 0 Å². The third-order valence-electron chi connectivity index (χ3n) is 3.18. The minimum atomic E-state index is 0.526. The molecular formula is C12H18ClNS. The predicted octanol–water partition coefficient (Wildman–Crippen LogP) is 3.73. The average Bonchev–Trinajstić information content (AvgIpc) is 2.57. The molecule has 2 N–H and O–H groups in total. The first-order valence-electron chi connectivity index (χ1n) is 5.74. The van der Waals surface area contributed by atoms with Crippen LogP contribution in [0, 0.1) is 0 Å². The van der Waals surface area contributed by atoms with E-state index in [0.29, 0.717) is 5.92 Å². The van der Waals surface area contributed by atoms with Crippen LogP contribution in [0.5, 0.6) is 0 Å². The van der Waals surface area contributed by atoms with Crippen LogP contribution in [-0.2, 0) is 12.8 Å². The molecule has 1 aliphatic carbocycles. The summed E-state index contributed by atoms with van der Waals surface area (Å²) in [6, 6.07) is 0. The molecule has 1 aliphatic rings. The highest BCUT2D eigenvalue weighted by atomic mass is 35.5. The van der Waals surface area contributed by atoms with Gasteiger partial charge >= 0.3 is 0 Å². The van der Waals surface area contributed by atoms with Gasteiger partial charge in [-0.3, -0.25) is 0 Å². The molecule has 0 fully saturated rings. The Bertz CT molecular complexity index is 346. The lowest BCUT2D eigenvalue weighted by Gasteiger charge is -2.10. The summed E-state index contributed by atoms with van der Waals surface area (Å²) in [4.78, 5) is 2.90. The first-order chi connectivity index (χ1) is 7.24. The molecule has 15 heavy (non-hydrogen) atoms. The molecule has 0 saturated heterocycles. The monoisotopic (exact) mass is 243 g/mol. The molecule has 0 amide bonds. The first-order valence-corrected chi connectivity index (χ1v) is 6.93. The van der Waals surface area contributed by atoms with Gasteiger partial charge in [-0.05, 0) is 50.1 Å². The molecule has 0 radical (unpaired) electrons. The van der Waals surface area contributed by atoms with Crippen molar-refractivity contribution in [2.75, 3.05) is 6.54 Å². The number of rotatable bonds is 3. The second-order valence-corrected chi connectivity index (χ2v) is 5.88. The van der Waals surface area contributed by atoms with Gasteiger partial charge < -0.3 is 5.73 Å². The average molecular weight is 244 g/mol. The number of hydrogen-bond donors (Lipinski definition) is 1. The number of aryl methyl sites for hydroxylation is 1. The Morgan fingerprint density at radius 1 is 1.40 bits per heavy atom. The second kappa shape index (κ2) is 4.86. The van der Waals surface area contributed by atoms with Crippen molar-refractivity contribution in [1.29, 1.82) is 0 Å². The van der Waals surface area contributed by atoms with Crippen molar-refractivity contribution >= 4 is 22.9 Å². The van der Waals surface area contributed by atoms with Gasteiger partial charge in [-0.25, -0.2) is 0 Å². The van der Waals surface area contributed by atoms with Crippen LogP contribution >= 0.6 is 22.9 Å². The van der Waals surface area contributed by atoms with E-state index < -0.39 is 0 Å². The fraction of sp³-hybridized carbons (Fsp3) is 0.667. The van der Waals surface area contributed by atoms with E-state index in [-0.39, 0.29) is 0 Å². The van der Waals surface area contributed by atoms with E-state index in [1.807, 2.05) is 11.3 Å². The zero-order valence-corrected chi connectivity index (χ0v) is 10.8. The lowest BCUT2D eigenvalue weighted by Crippen LogP contribution is -2.03. The van der Waals surface area contributed by atoms with E-state index in [1.54, 1.807) is 0 Å². The Kier molecular flexibility index (Phi) is 3.70. The van der Waals surface area contributed by atoms with E-state index in [0.717, 1.165) is 18.0 Å². The maximum atomic E-state index is 6.44. The summed E-state index contributed by atoms with van der Waals surface area (Å²) >= 11 is 8.36. The van der Waals surface area contributed by atoms with Crippen molar-refractivity contribution in [2.24, 2.45) is 5.73 Å². The maximum absolute atomic E-state index is 6.44. The van der Waals surface area contributed by atoms with E-state index in [1.165, 1.54) is 41.0 Å². The number of fused-ring (bicyclic) bond motifs is 1. The Hall–Kier alpha value is -0.0500. The van der Waals surface area contributed by atoms with E-state index >= 15 is 0 Å². The molecule has 1 aromatic rings. The third kappa shape index (κ3) is 2.22. The van der Waals surface area contributed by atoms with Gasteiger partial charge in [0.25, 0.3) is 0 Å². The molecule has 3 heteroatoms. The molecule has 84 valence electrons. The Morgan fingerprint density at radius 2 is 2.13 bits per heavy atom. The van der Waals surface area contributed by atoms with Gasteiger partial charge in [0.05, 0.1) is 5.02 Å². The Balaban J connectivity index is 2.28. The summed E-state index contributed by atoms with van der Waals surface area (Å²) in [5.74, 6) is 0.526. The molecule has 1 nitrogen and oxygen atoms in total. The Morgan fingerprint density at radius 3 is 2.80 bits per heavy atom. The van der Waals surface area contributed by atoms with Crippen LogP contribution in [-0.4, -0.2) is 6.54 Å². The molecule has 0 saturated carbocycles. The van der Waals surface area contributed by atoms with Crippen LogP contribution in [0.3, 0.4) is 0 Å². The zero-order chi connectivity index (χ0) is 10.8. The summed E-state index contributed by atoms with van der Waals surface area (Å²) in [6.07, 6.45) is 6.08. The van der Waals surface area contributed by atoms with E-state index in [4.69, 9.17) is 17.3 Å². The van der Waals surface area contributed by atoms with Crippen molar-refractivity contribution in [3.63, 3.8) is 0 Å². The number of hydrogen-bond acceptors (Lipinski definition) is 2. The van der Waals surface area contributed by atoms with Gasteiger partial charge in [0.15, 0.2) is 0 Å². The topological polar surface area (TPSA) is 26.0 Å². The fourth-order valence-corrected chi connectivity index (χ4v) is 4.18. The lowest BCUT2D eigenvalue weighted by molar-refractivity contribution is 0.691. The smallest absolute Gasteiger partial charge is 0.0582 e. The quantitative estimate of drug-likeness (QED) is 0.860. The first kappa shape index (κ1) is 11.4. The van der Waals surface area contributed by atoms with Gasteiger partial charge in [0.1, 0.15) is 0 Å². The second-order valence-electron chi connectivity index (χ2n) is 4.37. The summed E-state index contributed by atoms with van der Waals surface area (Å²) in [5.41, 5.74) is 7.04. The van der Waals surface area contributed by atoms with Crippen molar-refractivity contribution in [2.45, 2.75) is 44.9 Å². The highest BCUT2D eigenvalue weighted by Crippen LogP contribution is 2.41. The highest BCUT2D eigenvalue weighted by molar-refractivity contribution is 7.13. The molecule has 1 heterocycles. The molecule has 0 aromatic carbocycles. The summed E-state index contributed by atoms with van der Waals surface area (Å²) < 4.78 is 0. The molecule has 0 aliphatic heterocycles. The molecule has 1 aromatic heterocycles. The summed E-state index contributed by atoms with van der Waals surface area (Å²) in [6.45, 7) is 2.98. The normalized spacial score (nSPS) is 17.5. The predicted molar refractivity (Wildman–Crippen MR) is 68.1 cm³/mol. The molecule has 1 unspecified atom stereocenters. The van der Waals surface area contributed by atoms with Crippen molar-refractivity contribution in [3.05, 3.63) is 20.3 Å². The standard InChI is InChI=1S/C12H18ClNS/c1-8(6-7-14)12-11(13)9-4-2-3-5-10(9)15-12/h8H,2-7,14H2,1H3. The van der Waals surface area contributed by atoms with Gasteiger partial charge in [-0.1, -0.05) is 18.5 Å². The van der Waals surface area contributed by atoms with Gasteiger partial charge in [0, 0.05) is 9.75 Å². The van der Waals surface area contributed by atoms with Crippen LogP contribution in [0.1, 0.15) is 47.4 Å². The van der Waals surface area contributed by atoms with Gasteiger partial charge in [-0.15, -0.1) is 11.3 Å². The fourth-order valence-electron chi connectivity index (χ4n) is 2.25. The minimum Gasteiger partial charge on any atom is -0.330 e. The molecule has 0 bridgehead atoms. The zero-order valence-electron chi connectivity index (χ0n) is 9.18. The maximum Gasteiger partial charge on any atom is 0.0582 e. The largest absolute Gasteiger partial charge is 0.330 e. The van der Waals surface area contributed by atoms with Crippen LogP contribution in [0.4, 0.5) is 0 Å². The van der Waals surface area contributed by atoms with Crippen molar-refractivity contribution in [1.82, 2.24) is 0 Å².